The molecule has 0 spiro atoms. The van der Waals surface area contributed by atoms with Gasteiger partial charge in [-0.05, 0) is 32.3 Å². The predicted molar refractivity (Wildman–Crippen MR) is 86.3 cm³/mol. The normalized spacial score (nSPS) is 33.4. The van der Waals surface area contributed by atoms with Crippen molar-refractivity contribution in [2.75, 3.05) is 0 Å². The first-order valence-electron chi connectivity index (χ1n) is 8.22. The quantitative estimate of drug-likeness (QED) is 0.883. The summed E-state index contributed by atoms with van der Waals surface area (Å²) in [6.45, 7) is 4.31. The number of hydrogen-bond acceptors (Lipinski definition) is 3. The molecular formula is C18H24N2O3. The van der Waals surface area contributed by atoms with E-state index in [0.717, 1.165) is 5.56 Å². The van der Waals surface area contributed by atoms with Crippen LogP contribution in [0.1, 0.15) is 38.7 Å². The van der Waals surface area contributed by atoms with Gasteiger partial charge in [0.05, 0.1) is 11.6 Å². The monoisotopic (exact) mass is 316 g/mol. The minimum atomic E-state index is -0.710. The Balaban J connectivity index is 1.58. The van der Waals surface area contributed by atoms with E-state index < -0.39 is 5.60 Å². The van der Waals surface area contributed by atoms with E-state index >= 15 is 0 Å². The fourth-order valence-corrected chi connectivity index (χ4v) is 3.59. The highest BCUT2D eigenvalue weighted by molar-refractivity contribution is 5.84. The first kappa shape index (κ1) is 16.0. The number of nitrogens with one attached hydrogen (secondary N) is 1. The van der Waals surface area contributed by atoms with E-state index in [0.29, 0.717) is 25.8 Å². The summed E-state index contributed by atoms with van der Waals surface area (Å²) in [5.41, 5.74) is 0.382. The van der Waals surface area contributed by atoms with Gasteiger partial charge >= 0.3 is 0 Å². The fourth-order valence-electron chi connectivity index (χ4n) is 3.59. The van der Waals surface area contributed by atoms with Crippen LogP contribution in [-0.4, -0.2) is 39.5 Å². The Labute approximate surface area is 136 Å². The molecule has 0 radical (unpaired) electrons. The van der Waals surface area contributed by atoms with Crippen LogP contribution in [0.15, 0.2) is 30.3 Å². The van der Waals surface area contributed by atoms with Gasteiger partial charge in [-0.3, -0.25) is 9.59 Å². The van der Waals surface area contributed by atoms with Gasteiger partial charge in [-0.15, -0.1) is 0 Å². The zero-order chi connectivity index (χ0) is 16.6. The average Bonchev–Trinajstić information content (AvgIpc) is 2.73. The Bertz CT molecular complexity index is 592. The highest BCUT2D eigenvalue weighted by Crippen LogP contribution is 2.37. The lowest BCUT2D eigenvalue weighted by Crippen LogP contribution is -2.52. The van der Waals surface area contributed by atoms with Crippen molar-refractivity contribution in [2.24, 2.45) is 5.92 Å². The number of carbonyl (C=O) groups is 2. The zero-order valence-electron chi connectivity index (χ0n) is 13.7. The van der Waals surface area contributed by atoms with Crippen LogP contribution in [0.4, 0.5) is 0 Å². The number of likely N-dealkylation sites (tertiary alicyclic amines) is 1. The molecule has 1 saturated carbocycles. The van der Waals surface area contributed by atoms with Crippen LogP contribution < -0.4 is 5.32 Å². The first-order valence-corrected chi connectivity index (χ1v) is 8.22. The molecule has 2 N–H and O–H groups in total. The van der Waals surface area contributed by atoms with Crippen LogP contribution >= 0.6 is 0 Å². The molecule has 2 unspecified atom stereocenters. The predicted octanol–water partition coefficient (Wildman–Crippen LogP) is 1.45. The summed E-state index contributed by atoms with van der Waals surface area (Å²) < 4.78 is 0. The second-order valence-corrected chi connectivity index (χ2v) is 7.17. The molecule has 124 valence electrons. The molecule has 5 heteroatoms. The lowest BCUT2D eigenvalue weighted by molar-refractivity contribution is -0.139. The fraction of sp³-hybridized carbons (Fsp3) is 0.556. The number of aliphatic hydroxyl groups is 1. The van der Waals surface area contributed by atoms with E-state index in [1.165, 1.54) is 0 Å². The van der Waals surface area contributed by atoms with E-state index in [4.69, 9.17) is 0 Å². The molecule has 2 amide bonds. The summed E-state index contributed by atoms with van der Waals surface area (Å²) in [5.74, 6) is -0.0922. The third-order valence-corrected chi connectivity index (χ3v) is 5.06. The summed E-state index contributed by atoms with van der Waals surface area (Å²) in [5, 5.41) is 12.8. The second-order valence-electron chi connectivity index (χ2n) is 7.17. The summed E-state index contributed by atoms with van der Waals surface area (Å²) in [7, 11) is 0. The summed E-state index contributed by atoms with van der Waals surface area (Å²) in [6.07, 6.45) is 1.35. The van der Waals surface area contributed by atoms with Crippen LogP contribution in [0.5, 0.6) is 0 Å². The number of nitrogens with zero attached hydrogens (tertiary/aromatic N) is 1. The molecule has 3 rings (SSSR count). The maximum absolute atomic E-state index is 12.3. The molecule has 5 nitrogen and oxygen atoms in total. The molecular weight excluding hydrogens is 292 g/mol. The van der Waals surface area contributed by atoms with Crippen LogP contribution in [0.2, 0.25) is 0 Å². The van der Waals surface area contributed by atoms with E-state index in [2.05, 4.69) is 5.32 Å². The van der Waals surface area contributed by atoms with Crippen molar-refractivity contribution in [3.05, 3.63) is 35.9 Å². The Kier molecular flexibility index (Phi) is 4.15. The third-order valence-electron chi connectivity index (χ3n) is 5.06. The molecule has 0 aromatic heterocycles. The summed E-state index contributed by atoms with van der Waals surface area (Å²) in [6, 6.07) is 9.71. The van der Waals surface area contributed by atoms with Gasteiger partial charge < -0.3 is 15.3 Å². The highest BCUT2D eigenvalue weighted by Gasteiger charge is 2.44. The molecule has 2 atom stereocenters. The molecule has 1 aromatic rings. The van der Waals surface area contributed by atoms with Crippen LogP contribution in [0, 0.1) is 5.92 Å². The number of rotatable bonds is 4. The van der Waals surface area contributed by atoms with Gasteiger partial charge in [0.1, 0.15) is 0 Å². The molecule has 1 saturated heterocycles. The number of benzene rings is 1. The Morgan fingerprint density at radius 3 is 2.61 bits per heavy atom. The maximum Gasteiger partial charge on any atom is 0.225 e. The molecule has 2 fully saturated rings. The number of hydrogen-bond donors (Lipinski definition) is 2. The average molecular weight is 316 g/mol. The van der Waals surface area contributed by atoms with Crippen molar-refractivity contribution in [1.82, 2.24) is 10.2 Å². The van der Waals surface area contributed by atoms with Crippen LogP contribution in [0.25, 0.3) is 0 Å². The van der Waals surface area contributed by atoms with E-state index in [1.54, 1.807) is 6.92 Å². The second kappa shape index (κ2) is 5.96. The third kappa shape index (κ3) is 3.39. The zero-order valence-corrected chi connectivity index (χ0v) is 13.7. The lowest BCUT2D eigenvalue weighted by atomic mass is 9.71. The van der Waals surface area contributed by atoms with Gasteiger partial charge in [0.25, 0.3) is 0 Å². The Hall–Kier alpha value is -1.88. The topological polar surface area (TPSA) is 69.6 Å². The van der Waals surface area contributed by atoms with Gasteiger partial charge in [-0.25, -0.2) is 0 Å². The van der Waals surface area contributed by atoms with Crippen molar-refractivity contribution in [1.29, 1.82) is 0 Å². The summed E-state index contributed by atoms with van der Waals surface area (Å²) in [4.78, 5) is 26.3. The van der Waals surface area contributed by atoms with Crippen molar-refractivity contribution in [3.63, 3.8) is 0 Å². The van der Waals surface area contributed by atoms with Gasteiger partial charge in [-0.2, -0.15) is 0 Å². The Morgan fingerprint density at radius 2 is 2.00 bits per heavy atom. The molecule has 2 aliphatic rings. The van der Waals surface area contributed by atoms with Gasteiger partial charge in [0.2, 0.25) is 11.8 Å². The standard InChI is InChI=1S/C18H24N2O3/c1-12-15(19-17(22)14-9-18(2,23)10-14)8-16(21)20(12)11-13-6-4-3-5-7-13/h3-7,12,14-15,23H,8-11H2,1-2H3,(H,19,22). The van der Waals surface area contributed by atoms with Gasteiger partial charge in [-0.1, -0.05) is 30.3 Å². The smallest absolute Gasteiger partial charge is 0.225 e. The highest BCUT2D eigenvalue weighted by atomic mass is 16.3. The van der Waals surface area contributed by atoms with Crippen molar-refractivity contribution >= 4 is 11.8 Å². The van der Waals surface area contributed by atoms with Crippen molar-refractivity contribution in [3.8, 4) is 0 Å². The van der Waals surface area contributed by atoms with Crippen molar-refractivity contribution < 1.29 is 14.7 Å². The molecule has 1 aliphatic carbocycles. The Morgan fingerprint density at radius 1 is 1.35 bits per heavy atom. The SMILES string of the molecule is CC1C(NC(=O)C2CC(C)(O)C2)CC(=O)N1Cc1ccccc1. The molecule has 0 bridgehead atoms. The van der Waals surface area contributed by atoms with E-state index in [1.807, 2.05) is 42.2 Å². The first-order chi connectivity index (χ1) is 10.9. The molecule has 1 aromatic carbocycles. The molecule has 1 heterocycles. The largest absolute Gasteiger partial charge is 0.390 e. The minimum Gasteiger partial charge on any atom is -0.390 e. The van der Waals surface area contributed by atoms with E-state index in [9.17, 15) is 14.7 Å². The number of amides is 2. The van der Waals surface area contributed by atoms with E-state index in [-0.39, 0.29) is 29.8 Å². The van der Waals surface area contributed by atoms with Crippen LogP contribution in [-0.2, 0) is 16.1 Å². The maximum atomic E-state index is 12.3. The summed E-state index contributed by atoms with van der Waals surface area (Å²) >= 11 is 0. The molecule has 23 heavy (non-hydrogen) atoms. The minimum absolute atomic E-state index is 0.0211. The lowest BCUT2D eigenvalue weighted by Gasteiger charge is -2.40. The van der Waals surface area contributed by atoms with Gasteiger partial charge in [0, 0.05) is 24.9 Å². The van der Waals surface area contributed by atoms with Crippen molar-refractivity contribution in [2.45, 2.75) is 57.3 Å². The number of carbonyl (C=O) groups excluding carboxylic acids is 2. The van der Waals surface area contributed by atoms with Gasteiger partial charge in [0.15, 0.2) is 0 Å². The van der Waals surface area contributed by atoms with Crippen LogP contribution in [0.3, 0.4) is 0 Å². The molecule has 1 aliphatic heterocycles.